The number of piperidine rings is 1. The molecule has 4 heteroatoms. The Kier molecular flexibility index (Phi) is 7.28. The number of amides is 1. The Morgan fingerprint density at radius 3 is 2.72 bits per heavy atom. The molecule has 1 amide bonds. The zero-order valence-corrected chi connectivity index (χ0v) is 12.0. The molecule has 0 saturated carbocycles. The van der Waals surface area contributed by atoms with E-state index in [-0.39, 0.29) is 11.9 Å². The smallest absolute Gasteiger partial charge is 0.236 e. The average molecular weight is 255 g/mol. The average Bonchev–Trinajstić information content (AvgIpc) is 2.36. The summed E-state index contributed by atoms with van der Waals surface area (Å²) in [4.78, 5) is 14.1. The Bertz CT molecular complexity index is 237. The molecular formula is C14H29N3O. The Morgan fingerprint density at radius 2 is 2.11 bits per heavy atom. The highest BCUT2D eigenvalue weighted by Crippen LogP contribution is 2.15. The summed E-state index contributed by atoms with van der Waals surface area (Å²) >= 11 is 0. The van der Waals surface area contributed by atoms with E-state index in [1.807, 2.05) is 6.92 Å². The van der Waals surface area contributed by atoms with Crippen LogP contribution in [0, 0.1) is 5.92 Å². The van der Waals surface area contributed by atoms with Crippen molar-refractivity contribution in [3.05, 3.63) is 0 Å². The molecule has 18 heavy (non-hydrogen) atoms. The topological polar surface area (TPSA) is 58.4 Å². The molecule has 106 valence electrons. The molecule has 1 rings (SSSR count). The Hall–Kier alpha value is -0.610. The zero-order valence-electron chi connectivity index (χ0n) is 12.0. The molecular weight excluding hydrogens is 226 g/mol. The van der Waals surface area contributed by atoms with E-state index >= 15 is 0 Å². The lowest BCUT2D eigenvalue weighted by atomic mass is 9.99. The number of nitrogens with zero attached hydrogens (tertiary/aromatic N) is 1. The highest BCUT2D eigenvalue weighted by atomic mass is 16.2. The lowest BCUT2D eigenvalue weighted by Crippen LogP contribution is -2.41. The highest BCUT2D eigenvalue weighted by molar-refractivity contribution is 5.81. The molecule has 0 aromatic heterocycles. The number of likely N-dealkylation sites (tertiary alicyclic amines) is 1. The summed E-state index contributed by atoms with van der Waals surface area (Å²) in [6.45, 7) is 8.64. The van der Waals surface area contributed by atoms with Crippen molar-refractivity contribution in [2.75, 3.05) is 26.2 Å². The van der Waals surface area contributed by atoms with Gasteiger partial charge in [0.15, 0.2) is 0 Å². The molecule has 0 aromatic rings. The predicted molar refractivity (Wildman–Crippen MR) is 75.3 cm³/mol. The van der Waals surface area contributed by atoms with Crippen molar-refractivity contribution < 1.29 is 4.79 Å². The normalized spacial score (nSPS) is 19.7. The van der Waals surface area contributed by atoms with Gasteiger partial charge in [0.2, 0.25) is 5.91 Å². The van der Waals surface area contributed by atoms with Gasteiger partial charge in [-0.1, -0.05) is 20.3 Å². The molecule has 1 heterocycles. The van der Waals surface area contributed by atoms with Crippen molar-refractivity contribution in [1.82, 2.24) is 10.2 Å². The quantitative estimate of drug-likeness (QED) is 0.675. The van der Waals surface area contributed by atoms with Gasteiger partial charge in [0.05, 0.1) is 6.04 Å². The lowest BCUT2D eigenvalue weighted by molar-refractivity contribution is -0.122. The van der Waals surface area contributed by atoms with E-state index in [0.717, 1.165) is 38.3 Å². The lowest BCUT2D eigenvalue weighted by Gasteiger charge is -2.30. The van der Waals surface area contributed by atoms with Crippen LogP contribution < -0.4 is 11.1 Å². The van der Waals surface area contributed by atoms with Crippen molar-refractivity contribution in [2.45, 2.75) is 52.0 Å². The van der Waals surface area contributed by atoms with Gasteiger partial charge >= 0.3 is 0 Å². The van der Waals surface area contributed by atoms with Crippen molar-refractivity contribution in [2.24, 2.45) is 11.7 Å². The zero-order chi connectivity index (χ0) is 13.4. The SMILES string of the molecule is CCC[C@@H](N)C(=O)NCCCN1CCC(C)CC1. The second-order valence-electron chi connectivity index (χ2n) is 5.56. The van der Waals surface area contributed by atoms with Crippen LogP contribution in [0.25, 0.3) is 0 Å². The van der Waals surface area contributed by atoms with Crippen LogP contribution in [-0.2, 0) is 4.79 Å². The molecule has 0 radical (unpaired) electrons. The van der Waals surface area contributed by atoms with Crippen LogP contribution in [0.1, 0.15) is 46.0 Å². The third kappa shape index (κ3) is 5.83. The molecule has 0 aliphatic carbocycles. The van der Waals surface area contributed by atoms with Gasteiger partial charge in [-0.2, -0.15) is 0 Å². The largest absolute Gasteiger partial charge is 0.355 e. The molecule has 1 atom stereocenters. The van der Waals surface area contributed by atoms with Crippen LogP contribution in [0.3, 0.4) is 0 Å². The monoisotopic (exact) mass is 255 g/mol. The van der Waals surface area contributed by atoms with Crippen LogP contribution in [0.15, 0.2) is 0 Å². The van der Waals surface area contributed by atoms with Crippen LogP contribution in [0.4, 0.5) is 0 Å². The van der Waals surface area contributed by atoms with Crippen LogP contribution in [-0.4, -0.2) is 43.0 Å². The Labute approximate surface area is 111 Å². The van der Waals surface area contributed by atoms with Gasteiger partial charge in [-0.15, -0.1) is 0 Å². The van der Waals surface area contributed by atoms with Crippen molar-refractivity contribution >= 4 is 5.91 Å². The minimum atomic E-state index is -0.328. The second kappa shape index (κ2) is 8.48. The van der Waals surface area contributed by atoms with Crippen LogP contribution in [0.2, 0.25) is 0 Å². The third-order valence-corrected chi connectivity index (χ3v) is 3.76. The summed E-state index contributed by atoms with van der Waals surface area (Å²) in [7, 11) is 0. The molecule has 1 saturated heterocycles. The number of nitrogens with one attached hydrogen (secondary N) is 1. The fraction of sp³-hybridized carbons (Fsp3) is 0.929. The van der Waals surface area contributed by atoms with Crippen LogP contribution >= 0.6 is 0 Å². The van der Waals surface area contributed by atoms with Gasteiger partial charge in [-0.3, -0.25) is 4.79 Å². The molecule has 1 fully saturated rings. The number of carbonyl (C=O) groups is 1. The summed E-state index contributed by atoms with van der Waals surface area (Å²) in [5, 5.41) is 2.92. The first-order valence-electron chi connectivity index (χ1n) is 7.39. The summed E-state index contributed by atoms with van der Waals surface area (Å²) in [6.07, 6.45) is 5.39. The summed E-state index contributed by atoms with van der Waals surface area (Å²) in [6, 6.07) is -0.328. The minimum absolute atomic E-state index is 0.00381. The minimum Gasteiger partial charge on any atom is -0.355 e. The number of rotatable bonds is 7. The molecule has 1 aliphatic rings. The predicted octanol–water partition coefficient (Wildman–Crippen LogP) is 1.35. The first-order valence-corrected chi connectivity index (χ1v) is 7.39. The number of nitrogens with two attached hydrogens (primary N) is 1. The fourth-order valence-electron chi connectivity index (χ4n) is 2.37. The number of hydrogen-bond donors (Lipinski definition) is 2. The maximum atomic E-state index is 11.6. The van der Waals surface area contributed by atoms with Gasteiger partial charge in [-0.05, 0) is 51.2 Å². The molecule has 1 aliphatic heterocycles. The van der Waals surface area contributed by atoms with Crippen LogP contribution in [0.5, 0.6) is 0 Å². The highest BCUT2D eigenvalue weighted by Gasteiger charge is 2.15. The molecule has 4 nitrogen and oxygen atoms in total. The standard InChI is InChI=1S/C14H29N3O/c1-3-5-13(15)14(18)16-8-4-9-17-10-6-12(2)7-11-17/h12-13H,3-11,15H2,1-2H3,(H,16,18)/t13-/m1/s1. The fourth-order valence-corrected chi connectivity index (χ4v) is 2.37. The van der Waals surface area contributed by atoms with E-state index in [1.54, 1.807) is 0 Å². The first-order chi connectivity index (χ1) is 8.63. The van der Waals surface area contributed by atoms with Gasteiger partial charge in [0, 0.05) is 6.54 Å². The molecule has 0 aromatic carbocycles. The molecule has 0 unspecified atom stereocenters. The van der Waals surface area contributed by atoms with Gasteiger partial charge in [0.1, 0.15) is 0 Å². The molecule has 0 bridgehead atoms. The number of hydrogen-bond acceptors (Lipinski definition) is 3. The summed E-state index contributed by atoms with van der Waals surface area (Å²) in [5.41, 5.74) is 5.75. The van der Waals surface area contributed by atoms with E-state index in [2.05, 4.69) is 17.1 Å². The van der Waals surface area contributed by atoms with Crippen molar-refractivity contribution in [3.8, 4) is 0 Å². The van der Waals surface area contributed by atoms with E-state index in [0.29, 0.717) is 0 Å². The maximum Gasteiger partial charge on any atom is 0.236 e. The van der Waals surface area contributed by atoms with Crippen molar-refractivity contribution in [3.63, 3.8) is 0 Å². The Morgan fingerprint density at radius 1 is 1.44 bits per heavy atom. The number of carbonyl (C=O) groups excluding carboxylic acids is 1. The Balaban J connectivity index is 2.02. The van der Waals surface area contributed by atoms with E-state index in [1.165, 1.54) is 25.9 Å². The van der Waals surface area contributed by atoms with Gasteiger partial charge in [0.25, 0.3) is 0 Å². The van der Waals surface area contributed by atoms with Gasteiger partial charge in [-0.25, -0.2) is 0 Å². The molecule has 3 N–H and O–H groups in total. The maximum absolute atomic E-state index is 11.6. The van der Waals surface area contributed by atoms with E-state index in [4.69, 9.17) is 5.73 Å². The van der Waals surface area contributed by atoms with Gasteiger partial charge < -0.3 is 16.0 Å². The van der Waals surface area contributed by atoms with Crippen molar-refractivity contribution in [1.29, 1.82) is 0 Å². The third-order valence-electron chi connectivity index (χ3n) is 3.76. The van der Waals surface area contributed by atoms with E-state index in [9.17, 15) is 4.79 Å². The summed E-state index contributed by atoms with van der Waals surface area (Å²) in [5.74, 6) is 0.886. The summed E-state index contributed by atoms with van der Waals surface area (Å²) < 4.78 is 0. The second-order valence-corrected chi connectivity index (χ2v) is 5.56. The first kappa shape index (κ1) is 15.4. The van der Waals surface area contributed by atoms with E-state index < -0.39 is 0 Å². The molecule has 0 spiro atoms.